The van der Waals surface area contributed by atoms with Gasteiger partial charge in [0.25, 0.3) is 0 Å². The molecule has 2 rings (SSSR count). The summed E-state index contributed by atoms with van der Waals surface area (Å²) in [5.74, 6) is 0. The van der Waals surface area contributed by atoms with Crippen molar-refractivity contribution in [3.63, 3.8) is 0 Å². The lowest BCUT2D eigenvalue weighted by Gasteiger charge is -2.17. The second-order valence-electron chi connectivity index (χ2n) is 4.45. The molecule has 0 radical (unpaired) electrons. The molecule has 0 unspecified atom stereocenters. The fourth-order valence-corrected chi connectivity index (χ4v) is 1.51. The number of hydrogen-bond acceptors (Lipinski definition) is 6. The molecule has 0 saturated carbocycles. The second kappa shape index (κ2) is 8.52. The van der Waals surface area contributed by atoms with Crippen LogP contribution in [-0.4, -0.2) is 14.1 Å². The standard InChI is InChI=1S/C14H17N2O.ClHO4/c1-15(2)14-8-10-16(11-9-14)17-12-13-6-4-3-5-7-13;2-1(3,4)5/h3-11H,12H2,1-2H3;(H,2,3,4,5)/q+1;/p-1. The summed E-state index contributed by atoms with van der Waals surface area (Å²) >= 11 is 0. The average molecular weight is 329 g/mol. The minimum absolute atomic E-state index is 0.576. The molecule has 2 aromatic rings. The van der Waals surface area contributed by atoms with E-state index in [4.69, 9.17) is 23.5 Å². The number of aromatic nitrogens is 1. The van der Waals surface area contributed by atoms with Gasteiger partial charge in [-0.05, 0) is 5.56 Å². The monoisotopic (exact) mass is 328 g/mol. The number of rotatable bonds is 4. The van der Waals surface area contributed by atoms with Crippen LogP contribution in [0.4, 0.5) is 5.69 Å². The van der Waals surface area contributed by atoms with Gasteiger partial charge < -0.3 is 4.90 Å². The predicted octanol–water partition coefficient (Wildman–Crippen LogP) is -3.09. The molecule has 0 saturated heterocycles. The molecule has 1 aromatic heterocycles. The van der Waals surface area contributed by atoms with Crippen LogP contribution in [0.2, 0.25) is 0 Å². The Bertz CT molecular complexity index is 537. The van der Waals surface area contributed by atoms with Crippen molar-refractivity contribution in [3.05, 3.63) is 60.4 Å². The molecule has 1 heterocycles. The molecule has 0 amide bonds. The number of nitrogens with zero attached hydrogens (tertiary/aromatic N) is 2. The molecule has 0 N–H and O–H groups in total. The Morgan fingerprint density at radius 3 is 1.91 bits per heavy atom. The van der Waals surface area contributed by atoms with E-state index < -0.39 is 10.2 Å². The first kappa shape index (κ1) is 18.1. The first-order valence-electron chi connectivity index (χ1n) is 6.23. The van der Waals surface area contributed by atoms with Crippen LogP contribution in [0.25, 0.3) is 0 Å². The van der Waals surface area contributed by atoms with E-state index in [-0.39, 0.29) is 0 Å². The fourth-order valence-electron chi connectivity index (χ4n) is 1.51. The van der Waals surface area contributed by atoms with Gasteiger partial charge in [-0.3, -0.25) is 4.84 Å². The third kappa shape index (κ3) is 8.40. The Morgan fingerprint density at radius 2 is 1.45 bits per heavy atom. The van der Waals surface area contributed by atoms with Gasteiger partial charge in [-0.2, -0.15) is 0 Å². The van der Waals surface area contributed by atoms with Crippen molar-refractivity contribution < 1.29 is 38.4 Å². The molecule has 8 heteroatoms. The summed E-state index contributed by atoms with van der Waals surface area (Å²) in [6.45, 7) is 0.576. The normalized spacial score (nSPS) is 10.5. The molecule has 0 bridgehead atoms. The first-order valence-corrected chi connectivity index (χ1v) is 7.47. The minimum Gasteiger partial charge on any atom is -0.377 e. The van der Waals surface area contributed by atoms with E-state index in [1.54, 1.807) is 4.73 Å². The quantitative estimate of drug-likeness (QED) is 0.550. The molecule has 0 aliphatic carbocycles. The molecular weight excluding hydrogens is 312 g/mol. The predicted molar refractivity (Wildman–Crippen MR) is 67.7 cm³/mol. The SMILES string of the molecule is CN(C)c1cc[n+](OCc2ccccc2)cc1.[O-][Cl+3]([O-])([O-])[O-]. The van der Waals surface area contributed by atoms with Gasteiger partial charge in [-0.15, -0.1) is 10.2 Å². The Labute approximate surface area is 130 Å². The second-order valence-corrected chi connectivity index (χ2v) is 5.20. The van der Waals surface area contributed by atoms with Crippen LogP contribution < -0.4 is 33.1 Å². The van der Waals surface area contributed by atoms with Gasteiger partial charge in [-0.25, -0.2) is 18.6 Å². The topological polar surface area (TPSA) is 109 Å². The highest BCUT2D eigenvalue weighted by Crippen LogP contribution is 2.05. The van der Waals surface area contributed by atoms with Crippen LogP contribution in [-0.2, 0) is 6.61 Å². The lowest BCUT2D eigenvalue weighted by Crippen LogP contribution is -2.68. The van der Waals surface area contributed by atoms with Crippen LogP contribution >= 0.6 is 0 Å². The van der Waals surface area contributed by atoms with Crippen LogP contribution in [0.5, 0.6) is 0 Å². The zero-order valence-corrected chi connectivity index (χ0v) is 13.0. The van der Waals surface area contributed by atoms with Crippen molar-refractivity contribution in [2.24, 2.45) is 0 Å². The zero-order chi connectivity index (χ0) is 16.6. The Morgan fingerprint density at radius 1 is 0.955 bits per heavy atom. The van der Waals surface area contributed by atoms with Crippen molar-refractivity contribution in [2.45, 2.75) is 6.61 Å². The van der Waals surface area contributed by atoms with Crippen molar-refractivity contribution in [3.8, 4) is 0 Å². The van der Waals surface area contributed by atoms with E-state index in [9.17, 15) is 0 Å². The zero-order valence-electron chi connectivity index (χ0n) is 12.2. The van der Waals surface area contributed by atoms with Crippen LogP contribution in [0, 0.1) is 10.2 Å². The molecule has 0 spiro atoms. The number of hydrogen-bond donors (Lipinski definition) is 0. The first-order chi connectivity index (χ1) is 10.3. The summed E-state index contributed by atoms with van der Waals surface area (Å²) < 4.78 is 35.7. The van der Waals surface area contributed by atoms with E-state index in [1.807, 2.05) is 56.8 Å². The van der Waals surface area contributed by atoms with E-state index in [0.29, 0.717) is 6.61 Å². The summed E-state index contributed by atoms with van der Waals surface area (Å²) in [5, 5.41) is 0. The lowest BCUT2D eigenvalue weighted by molar-refractivity contribution is -2.00. The van der Waals surface area contributed by atoms with Crippen molar-refractivity contribution in [2.75, 3.05) is 19.0 Å². The molecule has 1 aromatic carbocycles. The van der Waals surface area contributed by atoms with Gasteiger partial charge in [0.2, 0.25) is 12.4 Å². The Kier molecular flexibility index (Phi) is 7.03. The molecule has 120 valence electrons. The number of benzene rings is 1. The maximum atomic E-state index is 8.49. The number of halogens is 1. The van der Waals surface area contributed by atoms with Crippen LogP contribution in [0.3, 0.4) is 0 Å². The molecular formula is C14H17ClN2O5. The highest BCUT2D eigenvalue weighted by molar-refractivity contribution is 5.41. The molecule has 0 aliphatic heterocycles. The maximum absolute atomic E-state index is 8.49. The van der Waals surface area contributed by atoms with Gasteiger partial charge >= 0.3 is 0 Å². The molecule has 0 fully saturated rings. The molecule has 0 atom stereocenters. The highest BCUT2D eigenvalue weighted by Gasteiger charge is 2.03. The van der Waals surface area contributed by atoms with Gasteiger partial charge in [0.1, 0.15) is 0 Å². The van der Waals surface area contributed by atoms with E-state index >= 15 is 0 Å². The summed E-state index contributed by atoms with van der Waals surface area (Å²) in [6, 6.07) is 14.2. The molecule has 22 heavy (non-hydrogen) atoms. The van der Waals surface area contributed by atoms with Gasteiger partial charge in [0, 0.05) is 36.6 Å². The van der Waals surface area contributed by atoms with Gasteiger partial charge in [-0.1, -0.05) is 30.3 Å². The van der Waals surface area contributed by atoms with Crippen molar-refractivity contribution in [1.82, 2.24) is 0 Å². The maximum Gasteiger partial charge on any atom is 0.224 e. The summed E-state index contributed by atoms with van der Waals surface area (Å²) in [6.07, 6.45) is 3.83. The fraction of sp³-hybridized carbons (Fsp3) is 0.214. The smallest absolute Gasteiger partial charge is 0.224 e. The number of pyridine rings is 1. The summed E-state index contributed by atoms with van der Waals surface area (Å²) in [5.41, 5.74) is 2.32. The van der Waals surface area contributed by atoms with Crippen molar-refractivity contribution >= 4 is 5.69 Å². The Hall–Kier alpha value is -1.90. The van der Waals surface area contributed by atoms with Crippen LogP contribution in [0.15, 0.2) is 54.9 Å². The third-order valence-corrected chi connectivity index (χ3v) is 2.52. The van der Waals surface area contributed by atoms with Crippen molar-refractivity contribution in [1.29, 1.82) is 0 Å². The molecule has 7 nitrogen and oxygen atoms in total. The minimum atomic E-state index is -4.94. The largest absolute Gasteiger partial charge is 0.377 e. The number of anilines is 1. The summed E-state index contributed by atoms with van der Waals surface area (Å²) in [4.78, 5) is 7.68. The lowest BCUT2D eigenvalue weighted by atomic mass is 10.2. The van der Waals surface area contributed by atoms with Gasteiger partial charge in [0.15, 0.2) is 6.61 Å². The van der Waals surface area contributed by atoms with E-state index in [1.165, 1.54) is 0 Å². The summed E-state index contributed by atoms with van der Waals surface area (Å²) in [7, 11) is -0.908. The van der Waals surface area contributed by atoms with E-state index in [2.05, 4.69) is 17.0 Å². The van der Waals surface area contributed by atoms with Crippen LogP contribution in [0.1, 0.15) is 5.56 Å². The van der Waals surface area contributed by atoms with Gasteiger partial charge in [0.05, 0.1) is 0 Å². The third-order valence-electron chi connectivity index (χ3n) is 2.52. The van der Waals surface area contributed by atoms with E-state index in [0.717, 1.165) is 11.3 Å². The average Bonchev–Trinajstić information content (AvgIpc) is 2.45. The molecule has 0 aliphatic rings. The Balaban J connectivity index is 0.000000422. The highest BCUT2D eigenvalue weighted by atomic mass is 35.7.